The topological polar surface area (TPSA) is 121 Å². The van der Waals surface area contributed by atoms with Gasteiger partial charge >= 0.3 is 11.9 Å². The van der Waals surface area contributed by atoms with Gasteiger partial charge in [-0.15, -0.1) is 0 Å². The highest BCUT2D eigenvalue weighted by atomic mass is 16.5. The summed E-state index contributed by atoms with van der Waals surface area (Å²) < 4.78 is 4.94. The van der Waals surface area contributed by atoms with Crippen LogP contribution in [0.3, 0.4) is 0 Å². The maximum atomic E-state index is 12.4. The van der Waals surface area contributed by atoms with Gasteiger partial charge in [0.05, 0.1) is 17.4 Å². The number of rotatable bonds is 6. The average molecular weight is 367 g/mol. The molecule has 1 amide bonds. The molecule has 27 heavy (non-hydrogen) atoms. The summed E-state index contributed by atoms with van der Waals surface area (Å²) in [5.74, 6) is -1.70. The van der Waals surface area contributed by atoms with E-state index in [1.54, 1.807) is 42.5 Å². The summed E-state index contributed by atoms with van der Waals surface area (Å²) in [7, 11) is 0. The van der Waals surface area contributed by atoms with Gasteiger partial charge in [0.2, 0.25) is 0 Å². The molecule has 0 aliphatic heterocycles. The van der Waals surface area contributed by atoms with Crippen LogP contribution in [0, 0.1) is 0 Å². The van der Waals surface area contributed by atoms with E-state index in [9.17, 15) is 19.5 Å². The number of benzene rings is 2. The second-order valence-electron chi connectivity index (χ2n) is 5.94. The van der Waals surface area contributed by atoms with Gasteiger partial charge in [0, 0.05) is 18.9 Å². The van der Waals surface area contributed by atoms with Gasteiger partial charge in [-0.25, -0.2) is 9.78 Å². The molecule has 0 radical (unpaired) electrons. The fraction of sp³-hybridized carbons (Fsp3) is 0.158. The molecule has 8 nitrogen and oxygen atoms in total. The molecule has 0 fully saturated rings. The number of aromatic nitrogens is 2. The van der Waals surface area contributed by atoms with Crippen LogP contribution in [0.2, 0.25) is 0 Å². The molecule has 3 rings (SSSR count). The van der Waals surface area contributed by atoms with Gasteiger partial charge in [-0.1, -0.05) is 12.1 Å². The number of carboxylic acid groups (broad SMARTS) is 1. The molecule has 0 saturated heterocycles. The lowest BCUT2D eigenvalue weighted by Crippen LogP contribution is -2.42. The first-order valence-corrected chi connectivity index (χ1v) is 8.16. The van der Waals surface area contributed by atoms with Gasteiger partial charge in [0.25, 0.3) is 5.91 Å². The van der Waals surface area contributed by atoms with Gasteiger partial charge in [-0.3, -0.25) is 9.59 Å². The maximum Gasteiger partial charge on any atom is 0.326 e. The molecule has 1 unspecified atom stereocenters. The minimum atomic E-state index is -1.14. The van der Waals surface area contributed by atoms with Crippen molar-refractivity contribution in [3.63, 3.8) is 0 Å². The van der Waals surface area contributed by atoms with E-state index in [0.717, 1.165) is 0 Å². The van der Waals surface area contributed by atoms with Gasteiger partial charge in [-0.2, -0.15) is 0 Å². The zero-order chi connectivity index (χ0) is 19.4. The second-order valence-corrected chi connectivity index (χ2v) is 5.94. The molecule has 0 bridgehead atoms. The Labute approximate surface area is 154 Å². The average Bonchev–Trinajstić information content (AvgIpc) is 3.09. The maximum absolute atomic E-state index is 12.4. The molecular formula is C19H17N3O5. The predicted molar refractivity (Wildman–Crippen MR) is 96.4 cm³/mol. The molecule has 0 aliphatic rings. The van der Waals surface area contributed by atoms with E-state index < -0.39 is 23.9 Å². The molecule has 1 heterocycles. The first kappa shape index (κ1) is 18.1. The largest absolute Gasteiger partial charge is 0.480 e. The van der Waals surface area contributed by atoms with Crippen LogP contribution in [-0.2, 0) is 16.0 Å². The van der Waals surface area contributed by atoms with Crippen LogP contribution in [0.25, 0.3) is 11.0 Å². The van der Waals surface area contributed by atoms with Crippen molar-refractivity contribution in [1.29, 1.82) is 0 Å². The lowest BCUT2D eigenvalue weighted by Gasteiger charge is -2.15. The van der Waals surface area contributed by atoms with Crippen molar-refractivity contribution in [3.8, 4) is 5.75 Å². The Morgan fingerprint density at radius 2 is 1.93 bits per heavy atom. The van der Waals surface area contributed by atoms with Crippen LogP contribution >= 0.6 is 0 Å². The van der Waals surface area contributed by atoms with E-state index >= 15 is 0 Å². The molecule has 2 aromatic carbocycles. The Kier molecular flexibility index (Phi) is 5.16. The molecule has 3 aromatic rings. The summed E-state index contributed by atoms with van der Waals surface area (Å²) >= 11 is 0. The minimum Gasteiger partial charge on any atom is -0.480 e. The molecule has 0 aliphatic carbocycles. The van der Waals surface area contributed by atoms with Crippen molar-refractivity contribution in [2.75, 3.05) is 0 Å². The quantitative estimate of drug-likeness (QED) is 0.452. The SMILES string of the molecule is CC(=O)Oc1ccc(CC(NC(=O)c2ccc3nc[nH]c3c2)C(=O)O)cc1. The number of hydrogen-bond acceptors (Lipinski definition) is 5. The van der Waals surface area contributed by atoms with Crippen LogP contribution in [0.5, 0.6) is 5.75 Å². The number of hydrogen-bond donors (Lipinski definition) is 3. The third-order valence-corrected chi connectivity index (χ3v) is 3.91. The van der Waals surface area contributed by atoms with Crippen molar-refractivity contribution < 1.29 is 24.2 Å². The van der Waals surface area contributed by atoms with Crippen molar-refractivity contribution >= 4 is 28.9 Å². The zero-order valence-corrected chi connectivity index (χ0v) is 14.4. The number of H-pyrrole nitrogens is 1. The van der Waals surface area contributed by atoms with E-state index in [0.29, 0.717) is 27.9 Å². The Morgan fingerprint density at radius 1 is 1.19 bits per heavy atom. The normalized spacial score (nSPS) is 11.7. The Morgan fingerprint density at radius 3 is 2.59 bits per heavy atom. The third kappa shape index (κ3) is 4.49. The molecule has 1 atom stereocenters. The van der Waals surface area contributed by atoms with Crippen molar-refractivity contribution in [2.45, 2.75) is 19.4 Å². The molecule has 8 heteroatoms. The summed E-state index contributed by atoms with van der Waals surface area (Å²) in [6.45, 7) is 1.30. The number of carbonyl (C=O) groups excluding carboxylic acids is 2. The summed E-state index contributed by atoms with van der Waals surface area (Å²) in [5, 5.41) is 12.0. The van der Waals surface area contributed by atoms with Gasteiger partial charge in [-0.05, 0) is 35.9 Å². The number of ether oxygens (including phenoxy) is 1. The highest BCUT2D eigenvalue weighted by molar-refractivity contribution is 5.99. The summed E-state index contributed by atoms with van der Waals surface area (Å²) in [5.41, 5.74) is 2.43. The highest BCUT2D eigenvalue weighted by Crippen LogP contribution is 2.15. The van der Waals surface area contributed by atoms with Crippen LogP contribution in [0.4, 0.5) is 0 Å². The number of aliphatic carboxylic acids is 1. The van der Waals surface area contributed by atoms with Crippen LogP contribution in [0.1, 0.15) is 22.8 Å². The Balaban J connectivity index is 1.70. The summed E-state index contributed by atoms with van der Waals surface area (Å²) in [4.78, 5) is 41.9. The number of esters is 1. The van der Waals surface area contributed by atoms with Crippen LogP contribution in [0.15, 0.2) is 48.8 Å². The number of nitrogens with zero attached hydrogens (tertiary/aromatic N) is 1. The van der Waals surface area contributed by atoms with Crippen molar-refractivity contribution in [1.82, 2.24) is 15.3 Å². The van der Waals surface area contributed by atoms with Crippen LogP contribution < -0.4 is 10.1 Å². The Bertz CT molecular complexity index is 994. The number of carboxylic acids is 1. The summed E-state index contributed by atoms with van der Waals surface area (Å²) in [6.07, 6.45) is 1.61. The van der Waals surface area contributed by atoms with Gasteiger partial charge in [0.15, 0.2) is 0 Å². The standard InChI is InChI=1S/C19H17N3O5/c1-11(23)27-14-5-2-12(3-6-14)8-17(19(25)26)22-18(24)13-4-7-15-16(9-13)21-10-20-15/h2-7,9-10,17H,8H2,1H3,(H,20,21)(H,22,24)(H,25,26). The number of carbonyl (C=O) groups is 3. The zero-order valence-electron chi connectivity index (χ0n) is 14.4. The van der Waals surface area contributed by atoms with E-state index in [1.165, 1.54) is 13.3 Å². The minimum absolute atomic E-state index is 0.0910. The number of nitrogens with one attached hydrogen (secondary N) is 2. The monoisotopic (exact) mass is 367 g/mol. The molecule has 3 N–H and O–H groups in total. The van der Waals surface area contributed by atoms with E-state index in [1.807, 2.05) is 0 Å². The molecule has 0 saturated carbocycles. The number of fused-ring (bicyclic) bond motifs is 1. The van der Waals surface area contributed by atoms with Crippen LogP contribution in [-0.4, -0.2) is 39.0 Å². The smallest absolute Gasteiger partial charge is 0.326 e. The molecular weight excluding hydrogens is 350 g/mol. The van der Waals surface area contributed by atoms with E-state index in [2.05, 4.69) is 15.3 Å². The molecule has 138 valence electrons. The molecule has 0 spiro atoms. The summed E-state index contributed by atoms with van der Waals surface area (Å²) in [6, 6.07) is 10.2. The lowest BCUT2D eigenvalue weighted by atomic mass is 10.0. The Hall–Kier alpha value is -3.68. The number of amides is 1. The number of aromatic amines is 1. The van der Waals surface area contributed by atoms with E-state index in [4.69, 9.17) is 4.74 Å². The fourth-order valence-corrected chi connectivity index (χ4v) is 2.61. The predicted octanol–water partition coefficient (Wildman–Crippen LogP) is 1.91. The second kappa shape index (κ2) is 7.69. The first-order chi connectivity index (χ1) is 12.9. The van der Waals surface area contributed by atoms with Gasteiger partial charge < -0.3 is 20.1 Å². The van der Waals surface area contributed by atoms with Crippen molar-refractivity contribution in [3.05, 3.63) is 59.9 Å². The fourth-order valence-electron chi connectivity index (χ4n) is 2.61. The van der Waals surface area contributed by atoms with Gasteiger partial charge in [0.1, 0.15) is 11.8 Å². The van der Waals surface area contributed by atoms with Crippen molar-refractivity contribution in [2.24, 2.45) is 0 Å². The molecule has 1 aromatic heterocycles. The highest BCUT2D eigenvalue weighted by Gasteiger charge is 2.21. The third-order valence-electron chi connectivity index (χ3n) is 3.91. The first-order valence-electron chi connectivity index (χ1n) is 8.16. The number of imidazole rings is 1. The van der Waals surface area contributed by atoms with E-state index in [-0.39, 0.29) is 6.42 Å². The lowest BCUT2D eigenvalue weighted by molar-refractivity contribution is -0.139.